The molecule has 17 heavy (non-hydrogen) atoms. The molecule has 0 radical (unpaired) electrons. The van der Waals surface area contributed by atoms with Crippen LogP contribution in [0.5, 0.6) is 0 Å². The summed E-state index contributed by atoms with van der Waals surface area (Å²) in [6.45, 7) is 6.98. The Kier molecular flexibility index (Phi) is 3.07. The Balaban J connectivity index is 2.38. The molecule has 1 amide bonds. The minimum absolute atomic E-state index is 0.192. The van der Waals surface area contributed by atoms with Gasteiger partial charge in [0.1, 0.15) is 6.10 Å². The van der Waals surface area contributed by atoms with Gasteiger partial charge in [-0.1, -0.05) is 17.7 Å². The molecule has 0 bridgehead atoms. The third-order valence-electron chi connectivity index (χ3n) is 3.04. The predicted molar refractivity (Wildman–Crippen MR) is 67.3 cm³/mol. The van der Waals surface area contributed by atoms with Crippen LogP contribution in [-0.2, 0) is 4.74 Å². The average molecular weight is 234 g/mol. The molecule has 1 saturated heterocycles. The van der Waals surface area contributed by atoms with Crippen LogP contribution in [0.2, 0.25) is 0 Å². The first kappa shape index (κ1) is 11.9. The number of rotatable bonds is 2. The van der Waals surface area contributed by atoms with Crippen LogP contribution in [0.25, 0.3) is 0 Å². The molecule has 1 aliphatic heterocycles. The van der Waals surface area contributed by atoms with Crippen LogP contribution in [0, 0.1) is 20.8 Å². The zero-order valence-electron chi connectivity index (χ0n) is 10.5. The monoisotopic (exact) mass is 234 g/mol. The molecule has 0 saturated carbocycles. The SMILES string of the molecule is Cc1cc(C)c(N2CC(CN)OC2=O)c(C)c1. The van der Waals surface area contributed by atoms with Gasteiger partial charge in [0.15, 0.2) is 0 Å². The van der Waals surface area contributed by atoms with Crippen molar-refractivity contribution in [3.05, 3.63) is 28.8 Å². The fourth-order valence-corrected chi connectivity index (χ4v) is 2.43. The van der Waals surface area contributed by atoms with E-state index < -0.39 is 0 Å². The average Bonchev–Trinajstić information content (AvgIpc) is 2.59. The first-order chi connectivity index (χ1) is 8.02. The molecule has 1 aromatic carbocycles. The predicted octanol–water partition coefficient (Wildman–Crippen LogP) is 1.90. The minimum atomic E-state index is -0.296. The van der Waals surface area contributed by atoms with E-state index >= 15 is 0 Å². The van der Waals surface area contributed by atoms with E-state index in [9.17, 15) is 4.79 Å². The van der Waals surface area contributed by atoms with Crippen LogP contribution in [-0.4, -0.2) is 25.3 Å². The summed E-state index contributed by atoms with van der Waals surface area (Å²) < 4.78 is 5.18. The number of ether oxygens (including phenoxy) is 1. The number of amides is 1. The summed E-state index contributed by atoms with van der Waals surface area (Å²) in [6, 6.07) is 4.15. The van der Waals surface area contributed by atoms with E-state index in [1.165, 1.54) is 5.56 Å². The molecular formula is C13H18N2O2. The van der Waals surface area contributed by atoms with Gasteiger partial charge in [-0.3, -0.25) is 4.90 Å². The van der Waals surface area contributed by atoms with Crippen molar-refractivity contribution in [2.24, 2.45) is 5.73 Å². The van der Waals surface area contributed by atoms with Gasteiger partial charge in [0.2, 0.25) is 0 Å². The van der Waals surface area contributed by atoms with E-state index in [0.29, 0.717) is 13.1 Å². The van der Waals surface area contributed by atoms with Gasteiger partial charge in [-0.05, 0) is 31.9 Å². The molecule has 92 valence electrons. The first-order valence-electron chi connectivity index (χ1n) is 5.79. The summed E-state index contributed by atoms with van der Waals surface area (Å²) in [7, 11) is 0. The standard InChI is InChI=1S/C13H18N2O2/c1-8-4-9(2)12(10(3)5-8)15-7-11(6-14)17-13(15)16/h4-5,11H,6-7,14H2,1-3H3. The van der Waals surface area contributed by atoms with Gasteiger partial charge >= 0.3 is 6.09 Å². The molecule has 4 heteroatoms. The Morgan fingerprint density at radius 2 is 1.94 bits per heavy atom. The largest absolute Gasteiger partial charge is 0.443 e. The Labute approximate surface area is 101 Å². The summed E-state index contributed by atoms with van der Waals surface area (Å²) in [5, 5.41) is 0. The lowest BCUT2D eigenvalue weighted by Gasteiger charge is -2.19. The zero-order chi connectivity index (χ0) is 12.6. The highest BCUT2D eigenvalue weighted by molar-refractivity contribution is 5.91. The van der Waals surface area contributed by atoms with Crippen LogP contribution in [0.3, 0.4) is 0 Å². The van der Waals surface area contributed by atoms with Gasteiger partial charge in [0.25, 0.3) is 0 Å². The van der Waals surface area contributed by atoms with Crippen LogP contribution in [0.15, 0.2) is 12.1 Å². The Hall–Kier alpha value is -1.55. The van der Waals surface area contributed by atoms with Crippen LogP contribution in [0.4, 0.5) is 10.5 Å². The Morgan fingerprint density at radius 3 is 2.41 bits per heavy atom. The smallest absolute Gasteiger partial charge is 0.414 e. The number of cyclic esters (lactones) is 1. The van der Waals surface area contributed by atoms with E-state index in [1.807, 2.05) is 13.8 Å². The fraction of sp³-hybridized carbons (Fsp3) is 0.462. The summed E-state index contributed by atoms with van der Waals surface area (Å²) in [6.07, 6.45) is -0.488. The van der Waals surface area contributed by atoms with E-state index in [0.717, 1.165) is 16.8 Å². The third kappa shape index (κ3) is 2.13. The minimum Gasteiger partial charge on any atom is -0.443 e. The zero-order valence-corrected chi connectivity index (χ0v) is 10.5. The summed E-state index contributed by atoms with van der Waals surface area (Å²) >= 11 is 0. The van der Waals surface area contributed by atoms with Gasteiger partial charge in [0, 0.05) is 6.54 Å². The van der Waals surface area contributed by atoms with Gasteiger partial charge in [-0.2, -0.15) is 0 Å². The van der Waals surface area contributed by atoms with Crippen molar-refractivity contribution in [3.63, 3.8) is 0 Å². The molecule has 1 aliphatic rings. The molecule has 0 aromatic heterocycles. The lowest BCUT2D eigenvalue weighted by molar-refractivity contribution is 0.145. The second kappa shape index (κ2) is 4.37. The van der Waals surface area contributed by atoms with Crippen molar-refractivity contribution in [1.29, 1.82) is 0 Å². The molecule has 1 fully saturated rings. The van der Waals surface area contributed by atoms with Gasteiger partial charge in [0.05, 0.1) is 12.2 Å². The normalized spacial score (nSPS) is 19.6. The maximum absolute atomic E-state index is 11.8. The molecule has 2 rings (SSSR count). The molecule has 0 spiro atoms. The quantitative estimate of drug-likeness (QED) is 0.850. The molecule has 4 nitrogen and oxygen atoms in total. The number of benzene rings is 1. The molecule has 2 N–H and O–H groups in total. The third-order valence-corrected chi connectivity index (χ3v) is 3.04. The molecule has 1 heterocycles. The lowest BCUT2D eigenvalue weighted by atomic mass is 10.0. The van der Waals surface area contributed by atoms with E-state index in [-0.39, 0.29) is 12.2 Å². The Morgan fingerprint density at radius 1 is 1.35 bits per heavy atom. The molecule has 1 aromatic rings. The van der Waals surface area contributed by atoms with Crippen molar-refractivity contribution in [1.82, 2.24) is 0 Å². The van der Waals surface area contributed by atoms with Crippen LogP contribution >= 0.6 is 0 Å². The Bertz CT molecular complexity index is 434. The van der Waals surface area contributed by atoms with E-state index in [1.54, 1.807) is 4.90 Å². The summed E-state index contributed by atoms with van der Waals surface area (Å²) in [5.41, 5.74) is 9.88. The number of carbonyl (C=O) groups is 1. The molecule has 1 atom stereocenters. The van der Waals surface area contributed by atoms with Gasteiger partial charge < -0.3 is 10.5 Å². The summed E-state index contributed by atoms with van der Waals surface area (Å²) in [4.78, 5) is 13.5. The van der Waals surface area contributed by atoms with Crippen molar-refractivity contribution in [2.45, 2.75) is 26.9 Å². The van der Waals surface area contributed by atoms with Crippen molar-refractivity contribution in [3.8, 4) is 0 Å². The number of hydrogen-bond acceptors (Lipinski definition) is 3. The second-order valence-corrected chi connectivity index (χ2v) is 4.60. The fourth-order valence-electron chi connectivity index (χ4n) is 2.43. The number of hydrogen-bond donors (Lipinski definition) is 1. The number of aryl methyl sites for hydroxylation is 3. The highest BCUT2D eigenvalue weighted by Gasteiger charge is 2.32. The van der Waals surface area contributed by atoms with Crippen LogP contribution < -0.4 is 10.6 Å². The molecule has 1 unspecified atom stereocenters. The van der Waals surface area contributed by atoms with E-state index in [2.05, 4.69) is 19.1 Å². The van der Waals surface area contributed by atoms with Gasteiger partial charge in [-0.15, -0.1) is 0 Å². The first-order valence-corrected chi connectivity index (χ1v) is 5.79. The maximum Gasteiger partial charge on any atom is 0.414 e. The highest BCUT2D eigenvalue weighted by atomic mass is 16.6. The number of anilines is 1. The van der Waals surface area contributed by atoms with Gasteiger partial charge in [-0.25, -0.2) is 4.79 Å². The van der Waals surface area contributed by atoms with Crippen LogP contribution in [0.1, 0.15) is 16.7 Å². The lowest BCUT2D eigenvalue weighted by Crippen LogP contribution is -2.28. The number of nitrogens with two attached hydrogens (primary N) is 1. The highest BCUT2D eigenvalue weighted by Crippen LogP contribution is 2.29. The summed E-state index contributed by atoms with van der Waals surface area (Å²) in [5.74, 6) is 0. The number of carbonyl (C=O) groups excluding carboxylic acids is 1. The van der Waals surface area contributed by atoms with Crippen molar-refractivity contribution in [2.75, 3.05) is 18.0 Å². The topological polar surface area (TPSA) is 55.6 Å². The van der Waals surface area contributed by atoms with Crippen molar-refractivity contribution >= 4 is 11.8 Å². The number of nitrogens with zero attached hydrogens (tertiary/aromatic N) is 1. The molecular weight excluding hydrogens is 216 g/mol. The van der Waals surface area contributed by atoms with Crippen molar-refractivity contribution < 1.29 is 9.53 Å². The van der Waals surface area contributed by atoms with E-state index in [4.69, 9.17) is 10.5 Å². The second-order valence-electron chi connectivity index (χ2n) is 4.60. The molecule has 0 aliphatic carbocycles. The maximum atomic E-state index is 11.8.